The van der Waals surface area contributed by atoms with Gasteiger partial charge in [0.05, 0.1) is 16.4 Å². The van der Waals surface area contributed by atoms with E-state index in [1.165, 1.54) is 11.5 Å². The van der Waals surface area contributed by atoms with E-state index in [0.29, 0.717) is 5.25 Å². The molecule has 2 rings (SSSR count). The summed E-state index contributed by atoms with van der Waals surface area (Å²) in [6, 6.07) is 0.245. The minimum Gasteiger partial charge on any atom is -0.271 e. The van der Waals surface area contributed by atoms with Crippen molar-refractivity contribution < 1.29 is 0 Å². The molecule has 1 fully saturated rings. The molecule has 3 N–H and O–H groups in total. The summed E-state index contributed by atoms with van der Waals surface area (Å²) in [5, 5.41) is 5.66. The molecule has 1 aliphatic rings. The third-order valence-electron chi connectivity index (χ3n) is 3.18. The third-order valence-corrected chi connectivity index (χ3v) is 6.59. The van der Waals surface area contributed by atoms with Crippen LogP contribution in [-0.2, 0) is 13.5 Å². The second kappa shape index (κ2) is 6.52. The van der Waals surface area contributed by atoms with Gasteiger partial charge in [-0.25, -0.2) is 0 Å². The van der Waals surface area contributed by atoms with Gasteiger partial charge in [-0.05, 0) is 6.92 Å². The average molecular weight is 307 g/mol. The summed E-state index contributed by atoms with van der Waals surface area (Å²) in [6.45, 7) is 1.93. The summed E-state index contributed by atoms with van der Waals surface area (Å²) in [4.78, 5) is 0. The van der Waals surface area contributed by atoms with Crippen LogP contribution in [-0.4, -0.2) is 38.3 Å². The molecule has 1 saturated heterocycles. The van der Waals surface area contributed by atoms with Crippen LogP contribution in [0.1, 0.15) is 11.4 Å². The van der Waals surface area contributed by atoms with E-state index in [-0.39, 0.29) is 6.04 Å². The molecule has 4 nitrogen and oxygen atoms in total. The summed E-state index contributed by atoms with van der Waals surface area (Å²) < 4.78 is 1.86. The van der Waals surface area contributed by atoms with Crippen LogP contribution in [0.2, 0.25) is 5.02 Å². The van der Waals surface area contributed by atoms with Gasteiger partial charge in [-0.1, -0.05) is 11.6 Å². The highest BCUT2D eigenvalue weighted by atomic mass is 35.5. The predicted molar refractivity (Wildman–Crippen MR) is 81.3 cm³/mol. The van der Waals surface area contributed by atoms with Gasteiger partial charge in [-0.3, -0.25) is 16.0 Å². The molecule has 18 heavy (non-hydrogen) atoms. The third kappa shape index (κ3) is 3.17. The Bertz CT molecular complexity index is 404. The smallest absolute Gasteiger partial charge is 0.0847 e. The van der Waals surface area contributed by atoms with Crippen molar-refractivity contribution >= 4 is 35.1 Å². The minimum absolute atomic E-state index is 0.245. The van der Waals surface area contributed by atoms with Gasteiger partial charge in [0.2, 0.25) is 0 Å². The number of hydrazine groups is 1. The van der Waals surface area contributed by atoms with Crippen LogP contribution in [0.3, 0.4) is 0 Å². The van der Waals surface area contributed by atoms with Crippen LogP contribution in [0.25, 0.3) is 0 Å². The Morgan fingerprint density at radius 3 is 2.89 bits per heavy atom. The fraction of sp³-hybridized carbons (Fsp3) is 0.727. The average Bonchev–Trinajstić information content (AvgIpc) is 2.62. The van der Waals surface area contributed by atoms with E-state index in [1.54, 1.807) is 0 Å². The Morgan fingerprint density at radius 1 is 1.61 bits per heavy atom. The summed E-state index contributed by atoms with van der Waals surface area (Å²) in [7, 11) is 1.94. The highest BCUT2D eigenvalue weighted by molar-refractivity contribution is 8.06. The van der Waals surface area contributed by atoms with Gasteiger partial charge >= 0.3 is 0 Å². The van der Waals surface area contributed by atoms with Crippen LogP contribution in [0.15, 0.2) is 0 Å². The number of thioether (sulfide) groups is 2. The summed E-state index contributed by atoms with van der Waals surface area (Å²) in [5.41, 5.74) is 4.90. The Balaban J connectivity index is 2.09. The van der Waals surface area contributed by atoms with Gasteiger partial charge in [-0.2, -0.15) is 28.6 Å². The van der Waals surface area contributed by atoms with Crippen LogP contribution in [0.4, 0.5) is 0 Å². The first-order valence-electron chi connectivity index (χ1n) is 5.97. The molecule has 7 heteroatoms. The summed E-state index contributed by atoms with van der Waals surface area (Å²) >= 11 is 10.3. The normalized spacial score (nSPS) is 22.1. The standard InChI is InChI=1S/C11H19ClN4S2/c1-7-11(12)9(16(2)15-7)5-8(14-13)10-6-17-3-4-18-10/h8,10,14H,3-6,13H2,1-2H3. The van der Waals surface area contributed by atoms with Gasteiger partial charge in [0, 0.05) is 42.0 Å². The summed E-state index contributed by atoms with van der Waals surface area (Å²) in [6.07, 6.45) is 0.824. The number of aryl methyl sites for hydroxylation is 2. The van der Waals surface area contributed by atoms with Crippen molar-refractivity contribution in [3.8, 4) is 0 Å². The fourth-order valence-electron chi connectivity index (χ4n) is 2.15. The van der Waals surface area contributed by atoms with Crippen molar-refractivity contribution in [2.45, 2.75) is 24.6 Å². The fourth-order valence-corrected chi connectivity index (χ4v) is 5.25. The van der Waals surface area contributed by atoms with E-state index < -0.39 is 0 Å². The largest absolute Gasteiger partial charge is 0.271 e. The highest BCUT2D eigenvalue weighted by Crippen LogP contribution is 2.29. The monoisotopic (exact) mass is 306 g/mol. The molecule has 1 aliphatic heterocycles. The van der Waals surface area contributed by atoms with Gasteiger partial charge in [0.15, 0.2) is 0 Å². The summed E-state index contributed by atoms with van der Waals surface area (Å²) in [5.74, 6) is 9.30. The van der Waals surface area contributed by atoms with E-state index in [9.17, 15) is 0 Å². The molecule has 2 atom stereocenters. The van der Waals surface area contributed by atoms with E-state index in [2.05, 4.69) is 10.5 Å². The molecule has 0 spiro atoms. The lowest BCUT2D eigenvalue weighted by Gasteiger charge is -2.29. The molecule has 0 aromatic carbocycles. The number of nitrogens with two attached hydrogens (primary N) is 1. The number of rotatable bonds is 4. The maximum Gasteiger partial charge on any atom is 0.0847 e. The second-order valence-electron chi connectivity index (χ2n) is 4.43. The quantitative estimate of drug-likeness (QED) is 0.654. The highest BCUT2D eigenvalue weighted by Gasteiger charge is 2.26. The van der Waals surface area contributed by atoms with E-state index in [0.717, 1.165) is 28.6 Å². The van der Waals surface area contributed by atoms with Gasteiger partial charge in [0.25, 0.3) is 0 Å². The zero-order valence-corrected chi connectivity index (χ0v) is 13.0. The topological polar surface area (TPSA) is 55.9 Å². The van der Waals surface area contributed by atoms with Crippen LogP contribution >= 0.6 is 35.1 Å². The molecule has 1 aromatic rings. The van der Waals surface area contributed by atoms with E-state index >= 15 is 0 Å². The first-order valence-corrected chi connectivity index (χ1v) is 8.55. The van der Waals surface area contributed by atoms with Crippen molar-refractivity contribution in [3.05, 3.63) is 16.4 Å². The number of nitrogens with zero attached hydrogens (tertiary/aromatic N) is 2. The van der Waals surface area contributed by atoms with E-state index in [1.807, 2.05) is 42.2 Å². The molecule has 0 radical (unpaired) electrons. The lowest BCUT2D eigenvalue weighted by molar-refractivity contribution is 0.506. The first kappa shape index (κ1) is 14.5. The molecule has 0 bridgehead atoms. The number of aromatic nitrogens is 2. The molecule has 102 valence electrons. The molecule has 1 aromatic heterocycles. The molecule has 2 heterocycles. The molecule has 0 aliphatic carbocycles. The number of hydrogen-bond acceptors (Lipinski definition) is 5. The van der Waals surface area contributed by atoms with Gasteiger partial charge in [-0.15, -0.1) is 0 Å². The maximum absolute atomic E-state index is 6.29. The Kier molecular flexibility index (Phi) is 5.26. The number of halogens is 1. The second-order valence-corrected chi connectivity index (χ2v) is 7.31. The van der Waals surface area contributed by atoms with Crippen molar-refractivity contribution in [2.24, 2.45) is 12.9 Å². The van der Waals surface area contributed by atoms with E-state index in [4.69, 9.17) is 17.4 Å². The Labute approximate surface area is 121 Å². The lowest BCUT2D eigenvalue weighted by atomic mass is 10.1. The molecule has 2 unspecified atom stereocenters. The van der Waals surface area contributed by atoms with Crippen LogP contribution < -0.4 is 11.3 Å². The zero-order chi connectivity index (χ0) is 13.1. The molecular weight excluding hydrogens is 288 g/mol. The van der Waals surface area contributed by atoms with Crippen molar-refractivity contribution in [2.75, 3.05) is 17.3 Å². The van der Waals surface area contributed by atoms with Crippen molar-refractivity contribution in [1.82, 2.24) is 15.2 Å². The van der Waals surface area contributed by atoms with Crippen LogP contribution in [0.5, 0.6) is 0 Å². The zero-order valence-electron chi connectivity index (χ0n) is 10.6. The number of nitrogens with one attached hydrogen (secondary N) is 1. The van der Waals surface area contributed by atoms with Crippen LogP contribution in [0, 0.1) is 6.92 Å². The number of hydrogen-bond donors (Lipinski definition) is 2. The lowest BCUT2D eigenvalue weighted by Crippen LogP contribution is -2.46. The van der Waals surface area contributed by atoms with Crippen molar-refractivity contribution in [3.63, 3.8) is 0 Å². The van der Waals surface area contributed by atoms with Gasteiger partial charge in [0.1, 0.15) is 0 Å². The first-order chi connectivity index (χ1) is 8.63. The maximum atomic E-state index is 6.29. The molecular formula is C11H19ClN4S2. The minimum atomic E-state index is 0.245. The SMILES string of the molecule is Cc1nn(C)c(CC(NN)C2CSCCS2)c1Cl. The van der Waals surface area contributed by atoms with Crippen molar-refractivity contribution in [1.29, 1.82) is 0 Å². The predicted octanol–water partition coefficient (Wildman–Crippen LogP) is 1.60. The van der Waals surface area contributed by atoms with Gasteiger partial charge < -0.3 is 0 Å². The molecule has 0 amide bonds. The Hall–Kier alpha value is 0.120. The molecule has 0 saturated carbocycles. The Morgan fingerprint density at radius 2 is 2.39 bits per heavy atom.